The molecular weight excluding hydrogens is 439 g/mol. The normalized spacial score (nSPS) is 14.2. The van der Waals surface area contributed by atoms with Gasteiger partial charge in [0, 0.05) is 31.7 Å². The maximum atomic E-state index is 6.56. The van der Waals surface area contributed by atoms with Crippen LogP contribution in [-0.2, 0) is 4.74 Å². The first-order valence-corrected chi connectivity index (χ1v) is 9.81. The Morgan fingerprint density at radius 1 is 0.966 bits per heavy atom. The van der Waals surface area contributed by atoms with Crippen molar-refractivity contribution < 1.29 is 14.2 Å². The molecule has 0 spiro atoms. The second kappa shape index (κ2) is 7.99. The number of hydrogen-bond donors (Lipinski definition) is 0. The number of nitrogens with zero attached hydrogens (tertiary/aromatic N) is 4. The maximum Gasteiger partial charge on any atom is 0.165 e. The van der Waals surface area contributed by atoms with E-state index in [9.17, 15) is 0 Å². The number of ether oxygens (including phenoxy) is 3. The third kappa shape index (κ3) is 3.53. The van der Waals surface area contributed by atoms with Crippen LogP contribution in [0.1, 0.15) is 0 Å². The average molecular weight is 456 g/mol. The van der Waals surface area contributed by atoms with Crippen molar-refractivity contribution in [3.05, 3.63) is 33.5 Å². The summed E-state index contributed by atoms with van der Waals surface area (Å²) in [4.78, 5) is 15.6. The minimum absolute atomic E-state index is 0.143. The summed E-state index contributed by atoms with van der Waals surface area (Å²) < 4.78 is 16.1. The number of methoxy groups -OCH3 is 3. The molecule has 0 unspecified atom stereocenters. The van der Waals surface area contributed by atoms with Crippen molar-refractivity contribution in [2.75, 3.05) is 39.3 Å². The number of fused-ring (bicyclic) bond motifs is 1. The number of pyridine rings is 1. The standard InChI is InChI=1S/C19H17Cl3N4O3/c1-27-9-7-26(8-9)19-10-4-14(20)23-6-11(10)24-18(25-19)15-16(21)12(28-2)5-13(29-3)17(15)22/h4-6,9H,7-8H2,1-3H3. The number of hydrogen-bond acceptors (Lipinski definition) is 7. The lowest BCUT2D eigenvalue weighted by atomic mass is 10.1. The lowest BCUT2D eigenvalue weighted by Gasteiger charge is -2.39. The zero-order valence-corrected chi connectivity index (χ0v) is 18.1. The van der Waals surface area contributed by atoms with Crippen molar-refractivity contribution in [3.63, 3.8) is 0 Å². The Kier molecular flexibility index (Phi) is 5.57. The molecule has 0 atom stereocenters. The van der Waals surface area contributed by atoms with Gasteiger partial charge in [0.2, 0.25) is 0 Å². The summed E-state index contributed by atoms with van der Waals surface area (Å²) >= 11 is 19.2. The summed E-state index contributed by atoms with van der Waals surface area (Å²) in [5.41, 5.74) is 1.04. The van der Waals surface area contributed by atoms with Crippen LogP contribution in [0.15, 0.2) is 18.3 Å². The van der Waals surface area contributed by atoms with Gasteiger partial charge in [0.05, 0.1) is 47.6 Å². The van der Waals surface area contributed by atoms with Crippen LogP contribution in [0.25, 0.3) is 22.3 Å². The van der Waals surface area contributed by atoms with Crippen molar-refractivity contribution in [3.8, 4) is 22.9 Å². The zero-order chi connectivity index (χ0) is 20.7. The van der Waals surface area contributed by atoms with Gasteiger partial charge in [0.1, 0.15) is 22.5 Å². The van der Waals surface area contributed by atoms with Crippen molar-refractivity contribution >= 4 is 51.5 Å². The largest absolute Gasteiger partial charge is 0.495 e. The Bertz CT molecular complexity index is 1060. The molecule has 10 heteroatoms. The lowest BCUT2D eigenvalue weighted by Crippen LogP contribution is -2.52. The molecular formula is C19H17Cl3N4O3. The molecule has 0 amide bonds. The van der Waals surface area contributed by atoms with Gasteiger partial charge in [-0.1, -0.05) is 34.8 Å². The Morgan fingerprint density at radius 2 is 1.62 bits per heavy atom. The molecule has 29 heavy (non-hydrogen) atoms. The number of aromatic nitrogens is 3. The smallest absolute Gasteiger partial charge is 0.165 e. The number of anilines is 1. The van der Waals surface area contributed by atoms with Crippen LogP contribution in [0.3, 0.4) is 0 Å². The fraction of sp³-hybridized carbons (Fsp3) is 0.316. The molecule has 0 radical (unpaired) electrons. The summed E-state index contributed by atoms with van der Waals surface area (Å²) in [5.74, 6) is 1.86. The quantitative estimate of drug-likeness (QED) is 0.524. The molecule has 1 saturated heterocycles. The van der Waals surface area contributed by atoms with E-state index in [-0.39, 0.29) is 6.10 Å². The van der Waals surface area contributed by atoms with Crippen LogP contribution in [0.2, 0.25) is 15.2 Å². The molecule has 0 saturated carbocycles. The van der Waals surface area contributed by atoms with Crippen LogP contribution >= 0.6 is 34.8 Å². The van der Waals surface area contributed by atoms with E-state index < -0.39 is 0 Å². The third-order valence-electron chi connectivity index (χ3n) is 4.81. The first-order chi connectivity index (χ1) is 14.0. The van der Waals surface area contributed by atoms with E-state index in [0.717, 1.165) is 5.39 Å². The van der Waals surface area contributed by atoms with Gasteiger partial charge in [-0.3, -0.25) is 0 Å². The zero-order valence-electron chi connectivity index (χ0n) is 15.9. The minimum atomic E-state index is 0.143. The van der Waals surface area contributed by atoms with Gasteiger partial charge in [-0.05, 0) is 6.07 Å². The summed E-state index contributed by atoms with van der Waals surface area (Å²) in [7, 11) is 4.72. The van der Waals surface area contributed by atoms with Gasteiger partial charge in [0.25, 0.3) is 0 Å². The third-order valence-corrected chi connectivity index (χ3v) is 5.76. The van der Waals surface area contributed by atoms with Crippen LogP contribution in [0.4, 0.5) is 5.82 Å². The number of rotatable bonds is 5. The lowest BCUT2D eigenvalue weighted by molar-refractivity contribution is 0.0785. The second-order valence-corrected chi connectivity index (χ2v) is 7.58. The number of halogens is 3. The molecule has 3 heterocycles. The predicted octanol–water partition coefficient (Wildman–Crippen LogP) is 4.50. The highest BCUT2D eigenvalue weighted by atomic mass is 35.5. The molecule has 7 nitrogen and oxygen atoms in total. The van der Waals surface area contributed by atoms with Gasteiger partial charge in [-0.25, -0.2) is 15.0 Å². The number of benzene rings is 1. The molecule has 3 aromatic rings. The van der Waals surface area contributed by atoms with Gasteiger partial charge in [0.15, 0.2) is 5.82 Å². The monoisotopic (exact) mass is 454 g/mol. The average Bonchev–Trinajstić information content (AvgIpc) is 2.68. The van der Waals surface area contributed by atoms with Crippen molar-refractivity contribution in [2.24, 2.45) is 0 Å². The minimum Gasteiger partial charge on any atom is -0.495 e. The van der Waals surface area contributed by atoms with Crippen molar-refractivity contribution in [1.29, 1.82) is 0 Å². The molecule has 1 aliphatic rings. The molecule has 4 rings (SSSR count). The first kappa shape index (κ1) is 20.2. The highest BCUT2D eigenvalue weighted by molar-refractivity contribution is 6.41. The van der Waals surface area contributed by atoms with E-state index in [1.54, 1.807) is 25.4 Å². The van der Waals surface area contributed by atoms with E-state index in [4.69, 9.17) is 54.0 Å². The predicted molar refractivity (Wildman–Crippen MR) is 114 cm³/mol. The second-order valence-electron chi connectivity index (χ2n) is 6.44. The first-order valence-electron chi connectivity index (χ1n) is 8.68. The van der Waals surface area contributed by atoms with Crippen LogP contribution in [0, 0.1) is 0 Å². The Morgan fingerprint density at radius 3 is 2.21 bits per heavy atom. The van der Waals surface area contributed by atoms with Gasteiger partial charge < -0.3 is 19.1 Å². The fourth-order valence-electron chi connectivity index (χ4n) is 3.19. The van der Waals surface area contributed by atoms with E-state index in [1.165, 1.54) is 14.2 Å². The van der Waals surface area contributed by atoms with Crippen LogP contribution < -0.4 is 14.4 Å². The molecule has 2 aromatic heterocycles. The van der Waals surface area contributed by atoms with Crippen LogP contribution in [-0.4, -0.2) is 55.5 Å². The summed E-state index contributed by atoms with van der Waals surface area (Å²) in [6, 6.07) is 3.36. The van der Waals surface area contributed by atoms with E-state index in [0.29, 0.717) is 62.5 Å². The molecule has 0 N–H and O–H groups in total. The van der Waals surface area contributed by atoms with E-state index in [2.05, 4.69) is 14.9 Å². The van der Waals surface area contributed by atoms with E-state index >= 15 is 0 Å². The topological polar surface area (TPSA) is 69.6 Å². The summed E-state index contributed by atoms with van der Waals surface area (Å²) in [5, 5.41) is 1.73. The molecule has 0 bridgehead atoms. The Hall–Kier alpha value is -2.06. The highest BCUT2D eigenvalue weighted by Crippen LogP contribution is 2.45. The Balaban J connectivity index is 1.95. The fourth-order valence-corrected chi connectivity index (χ4v) is 4.01. The maximum absolute atomic E-state index is 6.56. The molecule has 1 aromatic carbocycles. The molecule has 1 aliphatic heterocycles. The molecule has 0 aliphatic carbocycles. The molecule has 152 valence electrons. The Labute approximate surface area is 182 Å². The van der Waals surface area contributed by atoms with Gasteiger partial charge in [-0.2, -0.15) is 0 Å². The van der Waals surface area contributed by atoms with Crippen molar-refractivity contribution in [1.82, 2.24) is 15.0 Å². The summed E-state index contributed by atoms with van der Waals surface area (Å²) in [6.45, 7) is 1.40. The van der Waals surface area contributed by atoms with Crippen molar-refractivity contribution in [2.45, 2.75) is 6.10 Å². The molecule has 1 fully saturated rings. The van der Waals surface area contributed by atoms with Crippen LogP contribution in [0.5, 0.6) is 11.5 Å². The highest BCUT2D eigenvalue weighted by Gasteiger charge is 2.30. The summed E-state index contributed by atoms with van der Waals surface area (Å²) in [6.07, 6.45) is 1.74. The SMILES string of the molecule is COc1cc(OC)c(Cl)c(-c2nc(N3CC(OC)C3)c3cc(Cl)ncc3n2)c1Cl. The van der Waals surface area contributed by atoms with E-state index in [1.807, 2.05) is 0 Å². The van der Waals surface area contributed by atoms with Gasteiger partial charge >= 0.3 is 0 Å². The van der Waals surface area contributed by atoms with Gasteiger partial charge in [-0.15, -0.1) is 0 Å².